The molecule has 16 heteroatoms. The van der Waals surface area contributed by atoms with Crippen molar-refractivity contribution in [1.82, 2.24) is 4.90 Å². The molecule has 2 N–H and O–H groups in total. The van der Waals surface area contributed by atoms with Gasteiger partial charge in [0.1, 0.15) is 23.5 Å². The number of aliphatic hydroxyl groups excluding tert-OH is 1. The topological polar surface area (TPSA) is 52.9 Å². The molecule has 45 heavy (non-hydrogen) atoms. The highest BCUT2D eigenvalue weighted by molar-refractivity contribution is 5.42. The van der Waals surface area contributed by atoms with Crippen molar-refractivity contribution in [3.63, 3.8) is 0 Å². The number of ether oxygens (including phenoxy) is 1. The average Bonchev–Trinajstić information content (AvgIpc) is 2.93. The second kappa shape index (κ2) is 13.1. The lowest BCUT2D eigenvalue weighted by Gasteiger charge is -2.46. The van der Waals surface area contributed by atoms with Gasteiger partial charge in [0.2, 0.25) is 0 Å². The van der Waals surface area contributed by atoms with Crippen molar-refractivity contribution in [2.75, 3.05) is 13.1 Å². The molecular formula is C29H25F12NO3. The van der Waals surface area contributed by atoms with Gasteiger partial charge < -0.3 is 14.9 Å². The zero-order chi connectivity index (χ0) is 34.0. The molecule has 3 aromatic carbocycles. The van der Waals surface area contributed by atoms with Gasteiger partial charge in [0.15, 0.2) is 0 Å². The number of aliphatic hydroxyl groups is 2. The van der Waals surface area contributed by atoms with Gasteiger partial charge in [-0.3, -0.25) is 4.90 Å². The fraction of sp³-hybridized carbons (Fsp3) is 0.379. The zero-order valence-electron chi connectivity index (χ0n) is 23.0. The normalized spacial score (nSPS) is 15.3. The van der Waals surface area contributed by atoms with Crippen LogP contribution in [0, 0.1) is 11.6 Å². The summed E-state index contributed by atoms with van der Waals surface area (Å²) in [5.74, 6) is -3.46. The molecule has 0 aromatic heterocycles. The third-order valence-electron chi connectivity index (χ3n) is 7.23. The van der Waals surface area contributed by atoms with Crippen LogP contribution >= 0.6 is 0 Å². The molecule has 0 spiro atoms. The van der Waals surface area contributed by atoms with E-state index in [4.69, 9.17) is 0 Å². The Bertz CT molecular complexity index is 1400. The number of benzene rings is 3. The van der Waals surface area contributed by atoms with E-state index in [9.17, 15) is 62.9 Å². The molecule has 248 valence electrons. The minimum absolute atomic E-state index is 0.150. The first-order valence-electron chi connectivity index (χ1n) is 12.9. The molecule has 0 aliphatic rings. The molecule has 4 nitrogen and oxygen atoms in total. The number of rotatable bonds is 12. The smallest absolute Gasteiger partial charge is 0.428 e. The zero-order valence-corrected chi connectivity index (χ0v) is 23.0. The second-order valence-electron chi connectivity index (χ2n) is 10.2. The van der Waals surface area contributed by atoms with Crippen molar-refractivity contribution in [3.8, 4) is 5.75 Å². The number of halogens is 12. The Hall–Kier alpha value is -3.50. The van der Waals surface area contributed by atoms with Crippen molar-refractivity contribution in [1.29, 1.82) is 0 Å². The average molecular weight is 663 g/mol. The van der Waals surface area contributed by atoms with E-state index in [2.05, 4.69) is 4.74 Å². The summed E-state index contributed by atoms with van der Waals surface area (Å²) in [6.45, 7) is -1.11. The van der Waals surface area contributed by atoms with Gasteiger partial charge >= 0.3 is 24.9 Å². The molecule has 0 saturated carbocycles. The fourth-order valence-electron chi connectivity index (χ4n) is 4.70. The molecule has 1 unspecified atom stereocenters. The molecule has 0 radical (unpaired) electrons. The highest BCUT2D eigenvalue weighted by Gasteiger charge is 2.74. The maximum absolute atomic E-state index is 14.8. The first-order valence-corrected chi connectivity index (χ1v) is 12.9. The Morgan fingerprint density at radius 1 is 0.756 bits per heavy atom. The van der Waals surface area contributed by atoms with Gasteiger partial charge in [-0.25, -0.2) is 8.78 Å². The van der Waals surface area contributed by atoms with Crippen molar-refractivity contribution >= 4 is 0 Å². The molecule has 0 fully saturated rings. The third kappa shape index (κ3) is 7.66. The lowest BCUT2D eigenvalue weighted by molar-refractivity contribution is -0.392. The van der Waals surface area contributed by atoms with Crippen molar-refractivity contribution in [2.24, 2.45) is 0 Å². The molecule has 0 bridgehead atoms. The van der Waals surface area contributed by atoms with E-state index < -0.39 is 78.2 Å². The highest BCUT2D eigenvalue weighted by atomic mass is 19.4. The lowest BCUT2D eigenvalue weighted by Crippen LogP contribution is -2.67. The summed E-state index contributed by atoms with van der Waals surface area (Å²) in [4.78, 5) is 0.754. The second-order valence-corrected chi connectivity index (χ2v) is 10.2. The summed E-state index contributed by atoms with van der Waals surface area (Å²) >= 11 is 0. The van der Waals surface area contributed by atoms with E-state index in [-0.39, 0.29) is 18.1 Å². The Kier molecular flexibility index (Phi) is 10.5. The summed E-state index contributed by atoms with van der Waals surface area (Å²) in [7, 11) is 0. The van der Waals surface area contributed by atoms with Crippen LogP contribution in [0.25, 0.3) is 0 Å². The SMILES string of the molecule is C[C@@](c1ccc(F)cc1)(c1cc(F)cc(OC(F)(F)C(F)F)c1)N(CCc1ccccc1)CC(O)C(O)(C(F)(F)F)C(F)(F)F. The van der Waals surface area contributed by atoms with Gasteiger partial charge in [-0.1, -0.05) is 42.5 Å². The van der Waals surface area contributed by atoms with Gasteiger partial charge in [-0.2, -0.15) is 43.9 Å². The Balaban J connectivity index is 2.27. The highest BCUT2D eigenvalue weighted by Crippen LogP contribution is 2.47. The predicted octanol–water partition coefficient (Wildman–Crippen LogP) is 7.23. The summed E-state index contributed by atoms with van der Waals surface area (Å²) in [5, 5.41) is 20.3. The fourth-order valence-corrected chi connectivity index (χ4v) is 4.70. The van der Waals surface area contributed by atoms with Crippen LogP contribution in [-0.4, -0.2) is 64.8 Å². The largest absolute Gasteiger partial charge is 0.461 e. The molecule has 0 saturated heterocycles. The van der Waals surface area contributed by atoms with Gasteiger partial charge in [0.05, 0.1) is 5.54 Å². The van der Waals surface area contributed by atoms with E-state index >= 15 is 0 Å². The number of hydrogen-bond acceptors (Lipinski definition) is 4. The van der Waals surface area contributed by atoms with Crippen molar-refractivity contribution in [2.45, 2.75) is 55.5 Å². The maximum Gasteiger partial charge on any atom is 0.461 e. The van der Waals surface area contributed by atoms with Gasteiger partial charge in [0, 0.05) is 19.2 Å². The molecular weight excluding hydrogens is 638 g/mol. The summed E-state index contributed by atoms with van der Waals surface area (Å²) in [5.41, 5.74) is -8.15. The van der Waals surface area contributed by atoms with Crippen molar-refractivity contribution in [3.05, 3.63) is 101 Å². The standard InChI is InChI=1S/C29H25F12NO3/c1-25(18-7-9-20(30)10-8-18,19-13-21(31)15-22(14-19)45-27(34,35)24(32)33)42(12-11-17-5-3-2-4-6-17)16-23(43)26(44,28(36,37)38)29(39,40)41/h2-10,13-15,23-24,43-44H,11-12,16H2,1H3/t23?,25-/m1/s1. The van der Waals surface area contributed by atoms with Gasteiger partial charge in [0.25, 0.3) is 5.60 Å². The Morgan fingerprint density at radius 3 is 1.82 bits per heavy atom. The molecule has 0 amide bonds. The molecule has 0 heterocycles. The van der Waals surface area contributed by atoms with Crippen LogP contribution in [-0.2, 0) is 12.0 Å². The quantitative estimate of drug-likeness (QED) is 0.201. The monoisotopic (exact) mass is 663 g/mol. The minimum atomic E-state index is -6.46. The van der Waals surface area contributed by atoms with Gasteiger partial charge in [-0.05, 0) is 54.3 Å². The van der Waals surface area contributed by atoms with Crippen LogP contribution in [0.15, 0.2) is 72.8 Å². The van der Waals surface area contributed by atoms with Gasteiger partial charge in [-0.15, -0.1) is 0 Å². The van der Waals surface area contributed by atoms with E-state index in [1.807, 2.05) is 0 Å². The summed E-state index contributed by atoms with van der Waals surface area (Å²) in [6, 6.07) is 12.9. The first kappa shape index (κ1) is 36.0. The van der Waals surface area contributed by atoms with Crippen LogP contribution in [0.5, 0.6) is 5.75 Å². The van der Waals surface area contributed by atoms with Crippen LogP contribution in [0.2, 0.25) is 0 Å². The molecule has 3 aromatic rings. The minimum Gasteiger partial charge on any atom is -0.428 e. The molecule has 3 rings (SSSR count). The third-order valence-corrected chi connectivity index (χ3v) is 7.23. The number of hydrogen-bond donors (Lipinski definition) is 2. The summed E-state index contributed by atoms with van der Waals surface area (Å²) in [6.07, 6.45) is -26.2. The Morgan fingerprint density at radius 2 is 1.31 bits per heavy atom. The van der Waals surface area contributed by atoms with E-state index in [0.29, 0.717) is 17.7 Å². The molecule has 0 aliphatic heterocycles. The maximum atomic E-state index is 14.8. The van der Waals surface area contributed by atoms with Crippen LogP contribution in [0.4, 0.5) is 52.7 Å². The van der Waals surface area contributed by atoms with E-state index in [0.717, 1.165) is 36.1 Å². The van der Waals surface area contributed by atoms with Crippen molar-refractivity contribution < 1.29 is 67.6 Å². The lowest BCUT2D eigenvalue weighted by atomic mass is 9.81. The molecule has 0 aliphatic carbocycles. The van der Waals surface area contributed by atoms with Crippen LogP contribution < -0.4 is 4.74 Å². The predicted molar refractivity (Wildman–Crippen MR) is 136 cm³/mol. The van der Waals surface area contributed by atoms with Crippen LogP contribution in [0.3, 0.4) is 0 Å². The van der Waals surface area contributed by atoms with E-state index in [1.165, 1.54) is 12.1 Å². The van der Waals surface area contributed by atoms with Crippen LogP contribution in [0.1, 0.15) is 23.6 Å². The first-order chi connectivity index (χ1) is 20.6. The summed E-state index contributed by atoms with van der Waals surface area (Å²) < 4.78 is 168. The molecule has 2 atom stereocenters. The number of alkyl halides is 10. The Labute approximate surface area is 248 Å². The van der Waals surface area contributed by atoms with E-state index in [1.54, 1.807) is 18.2 Å². The number of nitrogens with zero attached hydrogens (tertiary/aromatic N) is 1.